The van der Waals surface area contributed by atoms with E-state index in [1.165, 1.54) is 0 Å². The van der Waals surface area contributed by atoms with Crippen LogP contribution in [0.3, 0.4) is 0 Å². The highest BCUT2D eigenvalue weighted by Crippen LogP contribution is 2.36. The Bertz CT molecular complexity index is 721. The first-order valence-corrected chi connectivity index (χ1v) is 8.49. The molecule has 2 unspecified atom stereocenters. The average Bonchev–Trinajstić information content (AvgIpc) is 2.70. The molecule has 0 saturated heterocycles. The van der Waals surface area contributed by atoms with Crippen molar-refractivity contribution < 1.29 is 19.3 Å². The molecule has 2 atom stereocenters. The van der Waals surface area contributed by atoms with E-state index < -0.39 is 6.10 Å². The monoisotopic (exact) mass is 354 g/mol. The zero-order valence-corrected chi connectivity index (χ0v) is 15.4. The first kappa shape index (κ1) is 19.6. The summed E-state index contributed by atoms with van der Waals surface area (Å²) < 4.78 is 16.2. The third-order valence-electron chi connectivity index (χ3n) is 4.23. The van der Waals surface area contributed by atoms with Crippen LogP contribution in [0.15, 0.2) is 67.8 Å². The van der Waals surface area contributed by atoms with E-state index in [0.29, 0.717) is 13.0 Å². The molecule has 2 aromatic carbocycles. The van der Waals surface area contributed by atoms with Gasteiger partial charge in [0.05, 0.1) is 20.3 Å². The molecule has 0 fully saturated rings. The maximum atomic E-state index is 10.6. The standard InChI is InChI=1S/C22H26O4/c1-5-13-26-18-9-7-17(8-10-18)21(23)14-16(6-2)20-12-11-19(24-3)15-22(20)25-4/h5-12,15-16,21,23H,1-2,13-14H2,3-4H3. The molecule has 0 aliphatic rings. The Balaban J connectivity index is 2.14. The number of ether oxygens (including phenoxy) is 3. The molecule has 2 rings (SSSR count). The highest BCUT2D eigenvalue weighted by molar-refractivity contribution is 5.44. The quantitative estimate of drug-likeness (QED) is 0.630. The van der Waals surface area contributed by atoms with E-state index in [2.05, 4.69) is 13.2 Å². The van der Waals surface area contributed by atoms with Gasteiger partial charge in [-0.15, -0.1) is 6.58 Å². The van der Waals surface area contributed by atoms with Crippen molar-refractivity contribution in [2.75, 3.05) is 20.8 Å². The minimum absolute atomic E-state index is 0.0532. The minimum atomic E-state index is -0.627. The van der Waals surface area contributed by atoms with Gasteiger partial charge in [0.25, 0.3) is 0 Å². The van der Waals surface area contributed by atoms with Gasteiger partial charge in [-0.1, -0.05) is 36.9 Å². The zero-order valence-electron chi connectivity index (χ0n) is 15.4. The van der Waals surface area contributed by atoms with Crippen molar-refractivity contribution in [3.63, 3.8) is 0 Å². The summed E-state index contributed by atoms with van der Waals surface area (Å²) in [6.45, 7) is 8.00. The smallest absolute Gasteiger partial charge is 0.126 e. The fraction of sp³-hybridized carbons (Fsp3) is 0.273. The van der Waals surface area contributed by atoms with Crippen molar-refractivity contribution in [2.45, 2.75) is 18.4 Å². The largest absolute Gasteiger partial charge is 0.497 e. The van der Waals surface area contributed by atoms with Crippen molar-refractivity contribution in [1.82, 2.24) is 0 Å². The van der Waals surface area contributed by atoms with Gasteiger partial charge in [0.1, 0.15) is 23.9 Å². The predicted octanol–water partition coefficient (Wildman–Crippen LogP) is 4.66. The van der Waals surface area contributed by atoms with Crippen molar-refractivity contribution in [3.05, 3.63) is 78.9 Å². The van der Waals surface area contributed by atoms with Gasteiger partial charge in [0, 0.05) is 17.5 Å². The third-order valence-corrected chi connectivity index (χ3v) is 4.23. The molecule has 4 nitrogen and oxygen atoms in total. The molecule has 138 valence electrons. The van der Waals surface area contributed by atoms with Crippen LogP contribution in [0.25, 0.3) is 0 Å². The molecule has 26 heavy (non-hydrogen) atoms. The molecule has 0 spiro atoms. The van der Waals surface area contributed by atoms with Crippen LogP contribution >= 0.6 is 0 Å². The Kier molecular flexibility index (Phi) is 7.30. The fourth-order valence-electron chi connectivity index (χ4n) is 2.79. The van der Waals surface area contributed by atoms with E-state index in [1.807, 2.05) is 48.5 Å². The fourth-order valence-corrected chi connectivity index (χ4v) is 2.79. The van der Waals surface area contributed by atoms with Crippen molar-refractivity contribution in [1.29, 1.82) is 0 Å². The van der Waals surface area contributed by atoms with Crippen LogP contribution in [0.4, 0.5) is 0 Å². The molecular formula is C22H26O4. The van der Waals surface area contributed by atoms with Crippen LogP contribution < -0.4 is 14.2 Å². The number of benzene rings is 2. The lowest BCUT2D eigenvalue weighted by atomic mass is 9.90. The van der Waals surface area contributed by atoms with Gasteiger partial charge in [-0.25, -0.2) is 0 Å². The lowest BCUT2D eigenvalue weighted by Gasteiger charge is -2.20. The van der Waals surface area contributed by atoms with E-state index in [-0.39, 0.29) is 5.92 Å². The lowest BCUT2D eigenvalue weighted by Crippen LogP contribution is -2.06. The van der Waals surface area contributed by atoms with E-state index in [0.717, 1.165) is 28.4 Å². The summed E-state index contributed by atoms with van der Waals surface area (Å²) in [6.07, 6.45) is 3.40. The van der Waals surface area contributed by atoms with Crippen molar-refractivity contribution in [2.24, 2.45) is 0 Å². The second-order valence-corrected chi connectivity index (χ2v) is 5.87. The van der Waals surface area contributed by atoms with Gasteiger partial charge >= 0.3 is 0 Å². The molecule has 0 saturated carbocycles. The van der Waals surface area contributed by atoms with Gasteiger partial charge in [0.15, 0.2) is 0 Å². The summed E-state index contributed by atoms with van der Waals surface area (Å²) >= 11 is 0. The molecular weight excluding hydrogens is 328 g/mol. The molecule has 0 amide bonds. The SMILES string of the molecule is C=CCOc1ccc(C(O)CC(C=C)c2ccc(OC)cc2OC)cc1. The Morgan fingerprint density at radius 2 is 1.69 bits per heavy atom. The molecule has 0 bridgehead atoms. The van der Waals surface area contributed by atoms with Crippen molar-refractivity contribution >= 4 is 0 Å². The second kappa shape index (κ2) is 9.68. The first-order chi connectivity index (χ1) is 12.6. The number of methoxy groups -OCH3 is 2. The lowest BCUT2D eigenvalue weighted by molar-refractivity contribution is 0.162. The second-order valence-electron chi connectivity index (χ2n) is 5.87. The van der Waals surface area contributed by atoms with Gasteiger partial charge in [-0.3, -0.25) is 0 Å². The maximum absolute atomic E-state index is 10.6. The van der Waals surface area contributed by atoms with Crippen LogP contribution in [-0.2, 0) is 0 Å². The van der Waals surface area contributed by atoms with Crippen LogP contribution in [0.1, 0.15) is 29.6 Å². The number of aliphatic hydroxyl groups is 1. The van der Waals surface area contributed by atoms with Gasteiger partial charge in [-0.05, 0) is 30.2 Å². The van der Waals surface area contributed by atoms with Crippen LogP contribution in [0.2, 0.25) is 0 Å². The first-order valence-electron chi connectivity index (χ1n) is 8.49. The van der Waals surface area contributed by atoms with Crippen LogP contribution in [0, 0.1) is 0 Å². The summed E-state index contributed by atoms with van der Waals surface area (Å²) in [7, 11) is 3.24. The highest BCUT2D eigenvalue weighted by Gasteiger charge is 2.19. The number of aliphatic hydroxyl groups excluding tert-OH is 1. The van der Waals surface area contributed by atoms with E-state index in [9.17, 15) is 5.11 Å². The Labute approximate surface area is 155 Å². The van der Waals surface area contributed by atoms with E-state index >= 15 is 0 Å². The number of allylic oxidation sites excluding steroid dienone is 1. The molecule has 0 aliphatic heterocycles. The summed E-state index contributed by atoms with van der Waals surface area (Å²) in [5, 5.41) is 10.6. The normalized spacial score (nSPS) is 12.7. The maximum Gasteiger partial charge on any atom is 0.126 e. The van der Waals surface area contributed by atoms with Crippen LogP contribution in [-0.4, -0.2) is 25.9 Å². The Hall–Kier alpha value is -2.72. The van der Waals surface area contributed by atoms with E-state index in [4.69, 9.17) is 14.2 Å². The number of hydrogen-bond donors (Lipinski definition) is 1. The zero-order chi connectivity index (χ0) is 18.9. The predicted molar refractivity (Wildman–Crippen MR) is 104 cm³/mol. The number of rotatable bonds is 10. The molecule has 0 aromatic heterocycles. The molecule has 2 aromatic rings. The average molecular weight is 354 g/mol. The topological polar surface area (TPSA) is 47.9 Å². The minimum Gasteiger partial charge on any atom is -0.497 e. The molecule has 0 radical (unpaired) electrons. The van der Waals surface area contributed by atoms with Crippen LogP contribution in [0.5, 0.6) is 17.2 Å². The highest BCUT2D eigenvalue weighted by atomic mass is 16.5. The van der Waals surface area contributed by atoms with Crippen molar-refractivity contribution in [3.8, 4) is 17.2 Å². The Morgan fingerprint density at radius 1 is 1.00 bits per heavy atom. The van der Waals surface area contributed by atoms with Gasteiger partial charge in [-0.2, -0.15) is 0 Å². The summed E-state index contributed by atoms with van der Waals surface area (Å²) in [5.74, 6) is 2.14. The van der Waals surface area contributed by atoms with Gasteiger partial charge < -0.3 is 19.3 Å². The summed E-state index contributed by atoms with van der Waals surface area (Å²) in [6, 6.07) is 13.1. The molecule has 4 heteroatoms. The summed E-state index contributed by atoms with van der Waals surface area (Å²) in [5.41, 5.74) is 1.79. The molecule has 1 N–H and O–H groups in total. The number of hydrogen-bond acceptors (Lipinski definition) is 4. The summed E-state index contributed by atoms with van der Waals surface area (Å²) in [4.78, 5) is 0. The molecule has 0 aliphatic carbocycles. The van der Waals surface area contributed by atoms with Gasteiger partial charge in [0.2, 0.25) is 0 Å². The third kappa shape index (κ3) is 4.90. The van der Waals surface area contributed by atoms with E-state index in [1.54, 1.807) is 20.3 Å². The molecule has 0 heterocycles. The Morgan fingerprint density at radius 3 is 2.27 bits per heavy atom.